The molecule has 32 heavy (non-hydrogen) atoms. The highest BCUT2D eigenvalue weighted by atomic mass is 32.3. The highest BCUT2D eigenvalue weighted by Gasteiger charge is 2.24. The Bertz CT molecular complexity index is 648. The fourth-order valence-corrected chi connectivity index (χ4v) is 6.05. The molecule has 0 radical (unpaired) electrons. The molecule has 1 heterocycles. The number of hydrogen-bond acceptors (Lipinski definition) is 4. The summed E-state index contributed by atoms with van der Waals surface area (Å²) in [5, 5.41) is 6.04. The van der Waals surface area contributed by atoms with Crippen molar-refractivity contribution in [3.8, 4) is 0 Å². The summed E-state index contributed by atoms with van der Waals surface area (Å²) >= 11 is 0. The van der Waals surface area contributed by atoms with Gasteiger partial charge in [-0.3, -0.25) is 5.14 Å². The average Bonchev–Trinajstić information content (AvgIpc) is 3.02. The fourth-order valence-electron chi connectivity index (χ4n) is 4.42. The molecule has 0 spiro atoms. The molecule has 2 fully saturated rings. The van der Waals surface area contributed by atoms with Gasteiger partial charge < -0.3 is 14.5 Å². The number of nitrogens with two attached hydrogens (primary N) is 1. The van der Waals surface area contributed by atoms with Crippen LogP contribution in [0.3, 0.4) is 0 Å². The zero-order chi connectivity index (χ0) is 23.4. The van der Waals surface area contributed by atoms with Gasteiger partial charge in [-0.05, 0) is 56.3 Å². The molecule has 1 aliphatic heterocycles. The van der Waals surface area contributed by atoms with E-state index in [2.05, 4.69) is 54.1 Å². The van der Waals surface area contributed by atoms with Crippen molar-refractivity contribution in [2.75, 3.05) is 43.7 Å². The molecule has 2 aliphatic rings. The summed E-state index contributed by atoms with van der Waals surface area (Å²) in [5.74, 6) is 0.898. The summed E-state index contributed by atoms with van der Waals surface area (Å²) in [7, 11) is -0.615. The summed E-state index contributed by atoms with van der Waals surface area (Å²) in [5.41, 5.74) is 3.27. The van der Waals surface area contributed by atoms with Gasteiger partial charge in [0.15, 0.2) is 0 Å². The molecule has 1 saturated carbocycles. The van der Waals surface area contributed by atoms with Gasteiger partial charge in [-0.2, -0.15) is 3.89 Å². The van der Waals surface area contributed by atoms with E-state index in [9.17, 15) is 0 Å². The minimum atomic E-state index is -2.78. The Morgan fingerprint density at radius 2 is 1.62 bits per heavy atom. The van der Waals surface area contributed by atoms with Crippen LogP contribution in [0.2, 0.25) is 0 Å². The Morgan fingerprint density at radius 1 is 1.06 bits per heavy atom. The van der Waals surface area contributed by atoms with Gasteiger partial charge in [-0.25, -0.2) is 0 Å². The Hall–Kier alpha value is -1.24. The van der Waals surface area contributed by atoms with Crippen LogP contribution in [-0.4, -0.2) is 48.8 Å². The van der Waals surface area contributed by atoms with Crippen molar-refractivity contribution >= 4 is 16.5 Å². The van der Waals surface area contributed by atoms with E-state index in [1.807, 2.05) is 12.1 Å². The molecule has 6 heteroatoms. The number of aryl methyl sites for hydroxylation is 1. The van der Waals surface area contributed by atoms with Crippen LogP contribution >= 0.6 is 10.8 Å². The molecule has 1 saturated heterocycles. The van der Waals surface area contributed by atoms with Crippen LogP contribution in [0.25, 0.3) is 0 Å². The average molecular weight is 467 g/mol. The maximum atomic E-state index is 15.0. The minimum absolute atomic E-state index is 0.426. The molecule has 1 aromatic rings. The summed E-state index contributed by atoms with van der Waals surface area (Å²) in [6.45, 7) is 12.9. The van der Waals surface area contributed by atoms with Crippen molar-refractivity contribution in [1.82, 2.24) is 9.80 Å². The van der Waals surface area contributed by atoms with Gasteiger partial charge in [-0.1, -0.05) is 64.7 Å². The number of benzene rings is 1. The Labute approximate surface area is 198 Å². The van der Waals surface area contributed by atoms with Crippen LogP contribution in [0.15, 0.2) is 36.5 Å². The first-order valence-corrected chi connectivity index (χ1v) is 14.4. The van der Waals surface area contributed by atoms with Gasteiger partial charge in [0.05, 0.1) is 0 Å². The van der Waals surface area contributed by atoms with Crippen molar-refractivity contribution < 1.29 is 3.89 Å². The van der Waals surface area contributed by atoms with Gasteiger partial charge in [0, 0.05) is 54.1 Å². The molecule has 1 aromatic carbocycles. The van der Waals surface area contributed by atoms with Crippen LogP contribution in [0, 0.1) is 5.92 Å². The second-order valence-corrected chi connectivity index (χ2v) is 11.5. The molecule has 1 unspecified atom stereocenters. The van der Waals surface area contributed by atoms with Gasteiger partial charge in [-0.15, -0.1) is 0 Å². The number of hydrogen-bond donors (Lipinski definition) is 2. The first kappa shape index (κ1) is 27.0. The van der Waals surface area contributed by atoms with Crippen molar-refractivity contribution in [2.24, 2.45) is 11.1 Å². The zero-order valence-electron chi connectivity index (χ0n) is 20.8. The van der Waals surface area contributed by atoms with Crippen LogP contribution in [-0.2, 0) is 6.42 Å². The highest BCUT2D eigenvalue weighted by molar-refractivity contribution is 8.28. The predicted octanol–water partition coefficient (Wildman–Crippen LogP) is 6.66. The van der Waals surface area contributed by atoms with E-state index in [4.69, 9.17) is 5.14 Å². The first-order chi connectivity index (χ1) is 15.3. The Kier molecular flexibility index (Phi) is 11.9. The molecule has 1 aliphatic carbocycles. The van der Waals surface area contributed by atoms with E-state index in [1.165, 1.54) is 43.4 Å². The van der Waals surface area contributed by atoms with Crippen LogP contribution in [0.4, 0.5) is 9.57 Å². The maximum Gasteiger partial charge on any atom is 0.0457 e. The number of nitrogens with zero attached hydrogens (tertiary/aromatic N) is 2. The van der Waals surface area contributed by atoms with E-state index >= 15 is 3.89 Å². The monoisotopic (exact) mass is 466 g/mol. The summed E-state index contributed by atoms with van der Waals surface area (Å²) in [4.78, 5) is 4.76. The Balaban J connectivity index is 0.00000114. The topological polar surface area (TPSA) is 44.5 Å². The number of likely N-dealkylation sites (N-methyl/N-ethyl adjacent to an activating group) is 1. The van der Waals surface area contributed by atoms with Crippen molar-refractivity contribution in [3.63, 3.8) is 0 Å². The predicted molar refractivity (Wildman–Crippen MR) is 142 cm³/mol. The first-order valence-electron chi connectivity index (χ1n) is 12.6. The molecule has 3 rings (SSSR count). The normalized spacial score (nSPS) is 21.0. The van der Waals surface area contributed by atoms with Crippen LogP contribution < -0.4 is 9.86 Å². The number of piperazine rings is 1. The smallest absolute Gasteiger partial charge is 0.0457 e. The highest BCUT2D eigenvalue weighted by Crippen LogP contribution is 2.45. The molecular formula is C26H47FN4S. The van der Waals surface area contributed by atoms with Crippen LogP contribution in [0.1, 0.15) is 70.8 Å². The lowest BCUT2D eigenvalue weighted by Gasteiger charge is -2.35. The van der Waals surface area contributed by atoms with Gasteiger partial charge in [0.25, 0.3) is 0 Å². The number of anilines is 1. The SMILES string of the molecule is C=C(CCc1ccc(NS(N)(F)CC2CCCCCC2)cc1)N1CCN(C)CC1.CCC. The molecule has 1 atom stereocenters. The van der Waals surface area contributed by atoms with Crippen molar-refractivity contribution in [3.05, 3.63) is 42.1 Å². The van der Waals surface area contributed by atoms with E-state index < -0.39 is 10.8 Å². The lowest BCUT2D eigenvalue weighted by molar-refractivity contribution is 0.183. The molecule has 0 aromatic heterocycles. The summed E-state index contributed by atoms with van der Waals surface area (Å²) in [6.07, 6.45) is 10.4. The second-order valence-electron chi connectivity index (χ2n) is 9.59. The zero-order valence-corrected chi connectivity index (χ0v) is 21.6. The van der Waals surface area contributed by atoms with Gasteiger partial charge >= 0.3 is 0 Å². The molecule has 3 N–H and O–H groups in total. The third-order valence-electron chi connectivity index (χ3n) is 6.35. The van der Waals surface area contributed by atoms with Gasteiger partial charge in [0.2, 0.25) is 0 Å². The fraction of sp³-hybridized carbons (Fsp3) is 0.692. The third-order valence-corrected chi connectivity index (χ3v) is 7.88. The van der Waals surface area contributed by atoms with E-state index in [0.29, 0.717) is 11.7 Å². The van der Waals surface area contributed by atoms with E-state index in [-0.39, 0.29) is 0 Å². The van der Waals surface area contributed by atoms with Crippen LogP contribution in [0.5, 0.6) is 0 Å². The molecule has 0 bridgehead atoms. The third kappa shape index (κ3) is 10.1. The van der Waals surface area contributed by atoms with E-state index in [0.717, 1.165) is 57.5 Å². The number of allylic oxidation sites excluding steroid dienone is 1. The minimum Gasteiger partial charge on any atom is -0.373 e. The van der Waals surface area contributed by atoms with Gasteiger partial charge in [0.1, 0.15) is 0 Å². The maximum absolute atomic E-state index is 15.0. The number of rotatable bonds is 8. The lowest BCUT2D eigenvalue weighted by atomic mass is 10.0. The molecule has 184 valence electrons. The summed E-state index contributed by atoms with van der Waals surface area (Å²) < 4.78 is 18.0. The van der Waals surface area contributed by atoms with E-state index in [1.54, 1.807) is 0 Å². The lowest BCUT2D eigenvalue weighted by Crippen LogP contribution is -2.43. The quantitative estimate of drug-likeness (QED) is 0.421. The Morgan fingerprint density at radius 3 is 2.19 bits per heavy atom. The molecular weight excluding hydrogens is 419 g/mol. The van der Waals surface area contributed by atoms with Crippen molar-refractivity contribution in [1.29, 1.82) is 0 Å². The number of nitrogens with one attached hydrogen (secondary N) is 1. The molecule has 0 amide bonds. The second kappa shape index (κ2) is 14.1. The summed E-state index contributed by atoms with van der Waals surface area (Å²) in [6, 6.07) is 8.10. The van der Waals surface area contributed by atoms with Crippen molar-refractivity contribution in [2.45, 2.75) is 71.6 Å². The largest absolute Gasteiger partial charge is 0.373 e. The number of halogens is 1. The molecule has 4 nitrogen and oxygen atoms in total. The standard InChI is InChI=1S/C23H39FN4S.C3H8/c1-20(28-17-15-27(2)16-18-28)9-10-21-11-13-23(14-12-21)26-29(24,25)19-22-7-5-3-4-6-8-22;1-3-2/h11-14,22,26H,1,3-10,15-19,25H2,2H3;3H2,1-2H3.